The van der Waals surface area contributed by atoms with E-state index in [1.807, 2.05) is 4.90 Å². The zero-order valence-corrected chi connectivity index (χ0v) is 14.6. The van der Waals surface area contributed by atoms with E-state index in [1.54, 1.807) is 31.2 Å². The molecule has 1 saturated carbocycles. The molecule has 0 spiro atoms. The van der Waals surface area contributed by atoms with Crippen molar-refractivity contribution in [1.82, 2.24) is 9.80 Å². The van der Waals surface area contributed by atoms with E-state index in [9.17, 15) is 14.4 Å². The minimum Gasteiger partial charge on any atom is -0.338 e. The number of nitrogens with zero attached hydrogens (tertiary/aromatic N) is 2. The fourth-order valence-electron chi connectivity index (χ4n) is 4.81. The predicted octanol–water partition coefficient (Wildman–Crippen LogP) is 2.85. The largest absolute Gasteiger partial charge is 0.338 e. The van der Waals surface area contributed by atoms with Gasteiger partial charge in [-0.25, -0.2) is 0 Å². The highest BCUT2D eigenvalue weighted by Gasteiger charge is 2.44. The van der Waals surface area contributed by atoms with Crippen molar-refractivity contribution in [2.75, 3.05) is 6.54 Å². The maximum absolute atomic E-state index is 13.2. The first-order chi connectivity index (χ1) is 12.1. The van der Waals surface area contributed by atoms with Crippen molar-refractivity contribution in [1.29, 1.82) is 0 Å². The lowest BCUT2D eigenvalue weighted by atomic mass is 9.78. The van der Waals surface area contributed by atoms with Crippen molar-refractivity contribution < 1.29 is 14.4 Å². The summed E-state index contributed by atoms with van der Waals surface area (Å²) in [5.41, 5.74) is 0.808. The standard InChI is InChI=1S/C20H24N2O3/c1-13(22-19(24)15-9-3-4-10-16(15)20(22)25)18(23)21-12-6-8-14-7-2-5-11-17(14)21/h3-4,9-10,13-14,17H,2,5-8,11-12H2,1H3. The number of benzene rings is 1. The molecule has 0 aromatic heterocycles. The molecule has 1 aliphatic carbocycles. The first kappa shape index (κ1) is 16.3. The number of rotatable bonds is 2. The molecule has 1 aromatic rings. The van der Waals surface area contributed by atoms with E-state index in [0.717, 1.165) is 30.7 Å². The lowest BCUT2D eigenvalue weighted by Gasteiger charge is -2.45. The highest BCUT2D eigenvalue weighted by atomic mass is 16.2. The van der Waals surface area contributed by atoms with Gasteiger partial charge in [-0.1, -0.05) is 25.0 Å². The van der Waals surface area contributed by atoms with Gasteiger partial charge in [-0.05, 0) is 50.7 Å². The summed E-state index contributed by atoms with van der Waals surface area (Å²) >= 11 is 0. The summed E-state index contributed by atoms with van der Waals surface area (Å²) in [6, 6.07) is 6.35. The van der Waals surface area contributed by atoms with Crippen LogP contribution in [0.3, 0.4) is 0 Å². The van der Waals surface area contributed by atoms with Gasteiger partial charge in [-0.3, -0.25) is 19.3 Å². The third kappa shape index (κ3) is 2.57. The van der Waals surface area contributed by atoms with Gasteiger partial charge in [-0.15, -0.1) is 0 Å². The molecule has 4 rings (SSSR count). The van der Waals surface area contributed by atoms with Gasteiger partial charge < -0.3 is 4.90 Å². The van der Waals surface area contributed by atoms with Crippen molar-refractivity contribution in [2.24, 2.45) is 5.92 Å². The van der Waals surface area contributed by atoms with Crippen LogP contribution in [-0.2, 0) is 4.79 Å². The number of fused-ring (bicyclic) bond motifs is 2. The second-order valence-corrected chi connectivity index (χ2v) is 7.49. The summed E-state index contributed by atoms with van der Waals surface area (Å²) in [6.07, 6.45) is 6.85. The van der Waals surface area contributed by atoms with Crippen molar-refractivity contribution >= 4 is 17.7 Å². The summed E-state index contributed by atoms with van der Waals surface area (Å²) in [7, 11) is 0. The molecule has 1 saturated heterocycles. The van der Waals surface area contributed by atoms with Crippen LogP contribution < -0.4 is 0 Å². The van der Waals surface area contributed by atoms with Crippen molar-refractivity contribution in [3.05, 3.63) is 35.4 Å². The Kier molecular flexibility index (Phi) is 4.10. The highest BCUT2D eigenvalue weighted by molar-refractivity contribution is 6.22. The Morgan fingerprint density at radius 2 is 1.60 bits per heavy atom. The molecule has 3 amide bonds. The molecule has 25 heavy (non-hydrogen) atoms. The average Bonchev–Trinajstić information content (AvgIpc) is 2.91. The Labute approximate surface area is 148 Å². The minimum atomic E-state index is -0.743. The van der Waals surface area contributed by atoms with Crippen molar-refractivity contribution in [3.63, 3.8) is 0 Å². The minimum absolute atomic E-state index is 0.0777. The van der Waals surface area contributed by atoms with Crippen LogP contribution in [0.2, 0.25) is 0 Å². The molecule has 2 aliphatic heterocycles. The van der Waals surface area contributed by atoms with Crippen molar-refractivity contribution in [3.8, 4) is 0 Å². The van der Waals surface area contributed by atoms with Crippen LogP contribution in [0.1, 0.15) is 66.2 Å². The predicted molar refractivity (Wildman–Crippen MR) is 93.1 cm³/mol. The number of likely N-dealkylation sites (tertiary alicyclic amines) is 1. The number of imide groups is 1. The van der Waals surface area contributed by atoms with Crippen LogP contribution in [0.25, 0.3) is 0 Å². The van der Waals surface area contributed by atoms with Gasteiger partial charge in [-0.2, -0.15) is 0 Å². The fourth-order valence-corrected chi connectivity index (χ4v) is 4.81. The SMILES string of the molecule is CC(C(=O)N1CCCC2CCCCC21)N1C(=O)c2ccccc2C1=O. The van der Waals surface area contributed by atoms with Gasteiger partial charge in [0.1, 0.15) is 6.04 Å². The van der Waals surface area contributed by atoms with Crippen LogP contribution in [-0.4, -0.2) is 46.1 Å². The van der Waals surface area contributed by atoms with E-state index < -0.39 is 6.04 Å². The smallest absolute Gasteiger partial charge is 0.262 e. The Bertz CT molecular complexity index is 692. The molecule has 1 aromatic carbocycles. The third-order valence-electron chi connectivity index (χ3n) is 6.10. The fraction of sp³-hybridized carbons (Fsp3) is 0.550. The number of carbonyl (C=O) groups excluding carboxylic acids is 3. The molecular weight excluding hydrogens is 316 g/mol. The number of amides is 3. The summed E-state index contributed by atoms with van der Waals surface area (Å²) in [5.74, 6) is -0.191. The molecule has 5 heteroatoms. The number of hydrogen-bond acceptors (Lipinski definition) is 3. The third-order valence-corrected chi connectivity index (χ3v) is 6.10. The number of carbonyl (C=O) groups is 3. The van der Waals surface area contributed by atoms with E-state index >= 15 is 0 Å². The topological polar surface area (TPSA) is 57.7 Å². The maximum Gasteiger partial charge on any atom is 0.262 e. The Balaban J connectivity index is 1.57. The molecule has 3 unspecified atom stereocenters. The van der Waals surface area contributed by atoms with Crippen LogP contribution in [0.15, 0.2) is 24.3 Å². The summed E-state index contributed by atoms with van der Waals surface area (Å²) in [4.78, 5) is 41.6. The van der Waals surface area contributed by atoms with Gasteiger partial charge in [0.15, 0.2) is 0 Å². The van der Waals surface area contributed by atoms with Crippen LogP contribution in [0, 0.1) is 5.92 Å². The molecule has 5 nitrogen and oxygen atoms in total. The zero-order valence-electron chi connectivity index (χ0n) is 14.6. The number of hydrogen-bond donors (Lipinski definition) is 0. The van der Waals surface area contributed by atoms with E-state index in [1.165, 1.54) is 19.3 Å². The molecule has 0 N–H and O–H groups in total. The van der Waals surface area contributed by atoms with Gasteiger partial charge >= 0.3 is 0 Å². The van der Waals surface area contributed by atoms with E-state index in [4.69, 9.17) is 0 Å². The molecular formula is C20H24N2O3. The van der Waals surface area contributed by atoms with E-state index in [-0.39, 0.29) is 23.8 Å². The summed E-state index contributed by atoms with van der Waals surface area (Å²) in [6.45, 7) is 2.43. The zero-order chi connectivity index (χ0) is 17.6. The van der Waals surface area contributed by atoms with Gasteiger partial charge in [0.05, 0.1) is 11.1 Å². The van der Waals surface area contributed by atoms with Gasteiger partial charge in [0.25, 0.3) is 11.8 Å². The second kappa shape index (κ2) is 6.28. The van der Waals surface area contributed by atoms with E-state index in [0.29, 0.717) is 17.0 Å². The first-order valence-corrected chi connectivity index (χ1v) is 9.37. The quantitative estimate of drug-likeness (QED) is 0.778. The average molecular weight is 340 g/mol. The molecule has 3 atom stereocenters. The second-order valence-electron chi connectivity index (χ2n) is 7.49. The normalized spacial score (nSPS) is 27.1. The lowest BCUT2D eigenvalue weighted by Crippen LogP contribution is -2.56. The Morgan fingerprint density at radius 1 is 1.00 bits per heavy atom. The van der Waals surface area contributed by atoms with Crippen molar-refractivity contribution in [2.45, 2.75) is 57.5 Å². The van der Waals surface area contributed by atoms with Crippen LogP contribution in [0.5, 0.6) is 0 Å². The summed E-state index contributed by atoms with van der Waals surface area (Å²) in [5, 5.41) is 0. The monoisotopic (exact) mass is 340 g/mol. The molecule has 2 heterocycles. The molecule has 132 valence electrons. The van der Waals surface area contributed by atoms with E-state index in [2.05, 4.69) is 0 Å². The molecule has 0 bridgehead atoms. The van der Waals surface area contributed by atoms with Crippen LogP contribution >= 0.6 is 0 Å². The lowest BCUT2D eigenvalue weighted by molar-refractivity contribution is -0.141. The maximum atomic E-state index is 13.2. The molecule has 2 fully saturated rings. The van der Waals surface area contributed by atoms with Crippen LogP contribution in [0.4, 0.5) is 0 Å². The first-order valence-electron chi connectivity index (χ1n) is 9.37. The summed E-state index contributed by atoms with van der Waals surface area (Å²) < 4.78 is 0. The molecule has 0 radical (unpaired) electrons. The van der Waals surface area contributed by atoms with Gasteiger partial charge in [0, 0.05) is 12.6 Å². The van der Waals surface area contributed by atoms with Gasteiger partial charge in [0.2, 0.25) is 5.91 Å². The highest BCUT2D eigenvalue weighted by Crippen LogP contribution is 2.36. The Hall–Kier alpha value is -2.17. The number of piperidine rings is 1. The molecule has 3 aliphatic rings. The Morgan fingerprint density at radius 3 is 2.28 bits per heavy atom.